The number of benzene rings is 3. The van der Waals surface area contributed by atoms with Gasteiger partial charge in [-0.2, -0.15) is 5.26 Å². The number of nitrogens with one attached hydrogen (secondary N) is 2. The van der Waals surface area contributed by atoms with Crippen LogP contribution in [0, 0.1) is 30.0 Å². The molecule has 10 heteroatoms. The molecule has 0 aliphatic carbocycles. The molecule has 0 aliphatic heterocycles. The first-order valence-corrected chi connectivity index (χ1v) is 13.4. The molecular formula is C28H25N5O4S. The highest BCUT2D eigenvalue weighted by atomic mass is 32.2. The fourth-order valence-corrected chi connectivity index (χ4v) is 4.45. The first-order valence-electron chi connectivity index (χ1n) is 11.5. The van der Waals surface area contributed by atoms with Crippen molar-refractivity contribution in [3.8, 4) is 34.7 Å². The zero-order valence-electron chi connectivity index (χ0n) is 21.2. The summed E-state index contributed by atoms with van der Waals surface area (Å²) in [6, 6.07) is 20.7. The van der Waals surface area contributed by atoms with Gasteiger partial charge in [0.25, 0.3) is 11.8 Å². The fraction of sp³-hybridized carbons (Fsp3) is 0.143. The van der Waals surface area contributed by atoms with Crippen LogP contribution in [0.3, 0.4) is 0 Å². The molecule has 4 aromatic rings. The first-order chi connectivity index (χ1) is 18.1. The van der Waals surface area contributed by atoms with Crippen LogP contribution in [0.1, 0.15) is 27.0 Å². The molecule has 4 rings (SSSR count). The molecule has 0 unspecified atom stereocenters. The molecule has 0 spiro atoms. The SMILES string of the molecule is COc1cc(C#N)ccc1Oc1nnc(-c2ccc(C)cc2)c(C)c1C(=O)Nc1cccc([S@@](C)(=N)=O)c1. The Kier molecular flexibility index (Phi) is 7.41. The average Bonchev–Trinajstić information content (AvgIpc) is 2.89. The van der Waals surface area contributed by atoms with Gasteiger partial charge in [-0.3, -0.25) is 4.79 Å². The van der Waals surface area contributed by atoms with E-state index < -0.39 is 15.6 Å². The number of hydrogen-bond acceptors (Lipinski definition) is 8. The molecule has 0 radical (unpaired) electrons. The Balaban J connectivity index is 1.81. The molecule has 1 heterocycles. The van der Waals surface area contributed by atoms with Gasteiger partial charge < -0.3 is 14.8 Å². The molecule has 0 aliphatic rings. The van der Waals surface area contributed by atoms with Crippen LogP contribution in [-0.4, -0.2) is 33.7 Å². The van der Waals surface area contributed by atoms with Crippen LogP contribution in [0.2, 0.25) is 0 Å². The molecule has 0 saturated carbocycles. The van der Waals surface area contributed by atoms with Crippen molar-refractivity contribution in [2.45, 2.75) is 18.7 Å². The van der Waals surface area contributed by atoms with Crippen LogP contribution in [-0.2, 0) is 9.73 Å². The number of rotatable bonds is 7. The maximum atomic E-state index is 13.6. The number of aromatic nitrogens is 2. The number of nitriles is 1. The molecule has 1 atom stereocenters. The molecule has 9 nitrogen and oxygen atoms in total. The van der Waals surface area contributed by atoms with E-state index in [-0.39, 0.29) is 17.2 Å². The summed E-state index contributed by atoms with van der Waals surface area (Å²) in [4.78, 5) is 13.9. The third-order valence-electron chi connectivity index (χ3n) is 5.78. The smallest absolute Gasteiger partial charge is 0.261 e. The predicted octanol–water partition coefficient (Wildman–Crippen LogP) is 5.72. The largest absolute Gasteiger partial charge is 0.493 e. The predicted molar refractivity (Wildman–Crippen MR) is 144 cm³/mol. The Bertz CT molecular complexity index is 1680. The minimum absolute atomic E-state index is 0.0604. The van der Waals surface area contributed by atoms with Gasteiger partial charge in [0.2, 0.25) is 0 Å². The van der Waals surface area contributed by atoms with Crippen LogP contribution in [0.25, 0.3) is 11.3 Å². The van der Waals surface area contributed by atoms with Crippen molar-refractivity contribution in [1.82, 2.24) is 10.2 Å². The molecule has 2 N–H and O–H groups in total. The van der Waals surface area contributed by atoms with E-state index in [4.69, 9.17) is 14.3 Å². The van der Waals surface area contributed by atoms with Crippen molar-refractivity contribution in [3.05, 3.63) is 89.0 Å². The molecule has 1 aromatic heterocycles. The molecule has 0 bridgehead atoms. The number of methoxy groups -OCH3 is 1. The van der Waals surface area contributed by atoms with Gasteiger partial charge >= 0.3 is 0 Å². The highest BCUT2D eigenvalue weighted by molar-refractivity contribution is 7.91. The number of aryl methyl sites for hydroxylation is 1. The molecule has 0 fully saturated rings. The maximum absolute atomic E-state index is 13.6. The van der Waals surface area contributed by atoms with Crippen molar-refractivity contribution in [3.63, 3.8) is 0 Å². The second-order valence-corrected chi connectivity index (χ2v) is 10.8. The van der Waals surface area contributed by atoms with E-state index in [1.165, 1.54) is 25.5 Å². The van der Waals surface area contributed by atoms with E-state index in [1.54, 1.807) is 37.3 Å². The third kappa shape index (κ3) is 5.63. The number of ether oxygens (including phenoxy) is 2. The third-order valence-corrected chi connectivity index (χ3v) is 6.93. The highest BCUT2D eigenvalue weighted by Gasteiger charge is 2.24. The van der Waals surface area contributed by atoms with Crippen molar-refractivity contribution in [1.29, 1.82) is 10.0 Å². The summed E-state index contributed by atoms with van der Waals surface area (Å²) >= 11 is 0. The van der Waals surface area contributed by atoms with Crippen LogP contribution in [0.15, 0.2) is 71.6 Å². The van der Waals surface area contributed by atoms with E-state index in [0.29, 0.717) is 33.2 Å². The Labute approximate surface area is 221 Å². The molecule has 1 amide bonds. The number of carbonyl (C=O) groups excluding carboxylic acids is 1. The summed E-state index contributed by atoms with van der Waals surface area (Å²) in [6.07, 6.45) is 1.32. The average molecular weight is 528 g/mol. The lowest BCUT2D eigenvalue weighted by Gasteiger charge is -2.16. The minimum atomic E-state index is -2.98. The lowest BCUT2D eigenvalue weighted by atomic mass is 10.0. The first kappa shape index (κ1) is 26.3. The van der Waals surface area contributed by atoms with Crippen molar-refractivity contribution < 1.29 is 18.5 Å². The number of amides is 1. The summed E-state index contributed by atoms with van der Waals surface area (Å²) in [5.41, 5.74) is 3.77. The van der Waals surface area contributed by atoms with Crippen LogP contribution >= 0.6 is 0 Å². The van der Waals surface area contributed by atoms with E-state index in [2.05, 4.69) is 15.5 Å². The number of nitrogens with zero attached hydrogens (tertiary/aromatic N) is 3. The Morgan fingerprint density at radius 1 is 1.03 bits per heavy atom. The summed E-state index contributed by atoms with van der Waals surface area (Å²) < 4.78 is 31.5. The molecule has 0 saturated heterocycles. The van der Waals surface area contributed by atoms with Crippen molar-refractivity contribution in [2.75, 3.05) is 18.7 Å². The second kappa shape index (κ2) is 10.7. The summed E-state index contributed by atoms with van der Waals surface area (Å²) in [5, 5.41) is 20.6. The number of anilines is 1. The normalized spacial score (nSPS) is 12.2. The minimum Gasteiger partial charge on any atom is -0.493 e. The van der Waals surface area contributed by atoms with Gasteiger partial charge in [-0.1, -0.05) is 35.9 Å². The van der Waals surface area contributed by atoms with Crippen molar-refractivity contribution >= 4 is 21.3 Å². The standard InChI is InChI=1S/C28H25N5O4S/c1-17-8-11-20(12-9-17)26-18(2)25(27(34)31-21-6-5-7-22(15-21)38(4,30)35)28(33-32-26)37-23-13-10-19(16-29)14-24(23)36-3/h5-15,30H,1-4H3,(H,31,34)/t38-/m0/s1. The van der Waals surface area contributed by atoms with E-state index in [0.717, 1.165) is 11.1 Å². The topological polar surface area (TPSA) is 138 Å². The lowest BCUT2D eigenvalue weighted by Crippen LogP contribution is -2.17. The van der Waals surface area contributed by atoms with Gasteiger partial charge in [0, 0.05) is 28.5 Å². The van der Waals surface area contributed by atoms with Crippen LogP contribution in [0.4, 0.5) is 5.69 Å². The van der Waals surface area contributed by atoms with Gasteiger partial charge in [0.15, 0.2) is 11.5 Å². The lowest BCUT2D eigenvalue weighted by molar-refractivity contribution is 0.102. The van der Waals surface area contributed by atoms with Gasteiger partial charge in [-0.05, 0) is 49.7 Å². The Morgan fingerprint density at radius 3 is 2.42 bits per heavy atom. The Morgan fingerprint density at radius 2 is 1.76 bits per heavy atom. The second-order valence-electron chi connectivity index (χ2n) is 8.62. The molecule has 38 heavy (non-hydrogen) atoms. The quantitative estimate of drug-likeness (QED) is 0.313. The van der Waals surface area contributed by atoms with E-state index in [9.17, 15) is 14.3 Å². The van der Waals surface area contributed by atoms with E-state index >= 15 is 0 Å². The molecular weight excluding hydrogens is 502 g/mol. The van der Waals surface area contributed by atoms with E-state index in [1.807, 2.05) is 37.3 Å². The van der Waals surface area contributed by atoms with Crippen LogP contribution in [0.5, 0.6) is 17.4 Å². The summed E-state index contributed by atoms with van der Waals surface area (Å²) in [5.74, 6) is -0.0505. The zero-order chi connectivity index (χ0) is 27.4. The summed E-state index contributed by atoms with van der Waals surface area (Å²) in [6.45, 7) is 3.73. The molecule has 192 valence electrons. The summed E-state index contributed by atoms with van der Waals surface area (Å²) in [7, 11) is -1.53. The molecule has 3 aromatic carbocycles. The van der Waals surface area contributed by atoms with Gasteiger partial charge in [-0.25, -0.2) is 8.99 Å². The monoisotopic (exact) mass is 527 g/mol. The fourth-order valence-electron chi connectivity index (χ4n) is 3.76. The van der Waals surface area contributed by atoms with Crippen molar-refractivity contribution in [2.24, 2.45) is 0 Å². The van der Waals surface area contributed by atoms with Gasteiger partial charge in [0.1, 0.15) is 5.56 Å². The highest BCUT2D eigenvalue weighted by Crippen LogP contribution is 2.35. The maximum Gasteiger partial charge on any atom is 0.261 e. The van der Waals surface area contributed by atoms with Gasteiger partial charge in [-0.15, -0.1) is 10.2 Å². The number of carbonyl (C=O) groups is 1. The van der Waals surface area contributed by atoms with Crippen LogP contribution < -0.4 is 14.8 Å². The van der Waals surface area contributed by atoms with Gasteiger partial charge in [0.05, 0.1) is 34.2 Å². The number of hydrogen-bond donors (Lipinski definition) is 2. The zero-order valence-corrected chi connectivity index (χ0v) is 22.1. The Hall–Kier alpha value is -4.75.